The van der Waals surface area contributed by atoms with E-state index in [1.807, 2.05) is 68.4 Å². The molecule has 5 rings (SSSR count). The summed E-state index contributed by atoms with van der Waals surface area (Å²) in [6, 6.07) is 23.4. The number of nitrogens with zero attached hydrogens (tertiary/aromatic N) is 3. The first-order valence-corrected chi connectivity index (χ1v) is 12.6. The lowest BCUT2D eigenvalue weighted by Crippen LogP contribution is -2.29. The molecule has 2 N–H and O–H groups in total. The number of pyridine rings is 1. The average molecular weight is 516 g/mol. The molecule has 3 heterocycles. The van der Waals surface area contributed by atoms with Gasteiger partial charge in [0.1, 0.15) is 0 Å². The fraction of sp³-hybridized carbons (Fsp3) is 0.179. The largest absolute Gasteiger partial charge is 0.351 e. The van der Waals surface area contributed by atoms with Crippen molar-refractivity contribution < 1.29 is 4.79 Å². The van der Waals surface area contributed by atoms with Crippen LogP contribution in [0.3, 0.4) is 0 Å². The maximum Gasteiger partial charge on any atom is 0.226 e. The van der Waals surface area contributed by atoms with Crippen molar-refractivity contribution in [1.29, 1.82) is 0 Å². The summed E-state index contributed by atoms with van der Waals surface area (Å²) < 4.78 is 2.10. The van der Waals surface area contributed by atoms with Gasteiger partial charge < -0.3 is 20.1 Å². The van der Waals surface area contributed by atoms with Crippen molar-refractivity contribution in [1.82, 2.24) is 14.9 Å². The fourth-order valence-electron chi connectivity index (χ4n) is 4.35. The predicted molar refractivity (Wildman–Crippen MR) is 149 cm³/mol. The molecule has 0 spiro atoms. The molecule has 1 fully saturated rings. The smallest absolute Gasteiger partial charge is 0.226 e. The third-order valence-electron chi connectivity index (χ3n) is 6.22. The van der Waals surface area contributed by atoms with Gasteiger partial charge >= 0.3 is 0 Å². The summed E-state index contributed by atoms with van der Waals surface area (Å²) >= 11 is 12.4. The van der Waals surface area contributed by atoms with Crippen LogP contribution in [0.2, 0.25) is 5.02 Å². The number of hydrogen-bond donors (Lipinski definition) is 2. The molecule has 1 aliphatic heterocycles. The maximum absolute atomic E-state index is 12.2. The molecule has 0 unspecified atom stereocenters. The number of carbonyl (C=O) groups is 1. The standard InChI is InChI=1S/C28H26ClN5OS/c1-18(2)27(35)31-23-12-11-21(16-22(23)29)34-26(25(32-28(34)36)24-10-6-7-14-30-24)19-13-15-33(17-19)20-8-4-3-5-9-20/h3-18,25-26H,1-2H3,(H,31,35)(H,32,36)/t25-,26+/m1/s1. The Hall–Kier alpha value is -3.68. The number of nitrogens with one attached hydrogen (secondary N) is 2. The summed E-state index contributed by atoms with van der Waals surface area (Å²) in [4.78, 5) is 18.9. The molecule has 0 saturated carbocycles. The molecule has 0 radical (unpaired) electrons. The van der Waals surface area contributed by atoms with E-state index in [1.165, 1.54) is 0 Å². The Morgan fingerprint density at radius 3 is 2.53 bits per heavy atom. The fourth-order valence-corrected chi connectivity index (χ4v) is 4.92. The second kappa shape index (κ2) is 10.1. The molecule has 1 saturated heterocycles. The van der Waals surface area contributed by atoms with E-state index in [2.05, 4.69) is 55.7 Å². The van der Waals surface area contributed by atoms with E-state index < -0.39 is 0 Å². The first-order valence-electron chi connectivity index (χ1n) is 11.8. The van der Waals surface area contributed by atoms with Gasteiger partial charge in [-0.25, -0.2) is 0 Å². The molecular formula is C28H26ClN5OS. The SMILES string of the molecule is CC(C)C(=O)Nc1ccc(N2C(=S)N[C@H](c3ccccn3)[C@@H]2c2ccn(-c3ccccc3)c2)cc1Cl. The van der Waals surface area contributed by atoms with Gasteiger partial charge in [0.05, 0.1) is 28.5 Å². The zero-order valence-corrected chi connectivity index (χ0v) is 21.5. The number of hydrogen-bond acceptors (Lipinski definition) is 3. The van der Waals surface area contributed by atoms with E-state index in [0.29, 0.717) is 15.8 Å². The maximum atomic E-state index is 12.2. The lowest BCUT2D eigenvalue weighted by atomic mass is 9.98. The number of benzene rings is 2. The minimum absolute atomic E-state index is 0.0849. The molecule has 1 amide bonds. The Kier molecular flexibility index (Phi) is 6.76. The Morgan fingerprint density at radius 2 is 1.83 bits per heavy atom. The first-order chi connectivity index (χ1) is 17.4. The number of thiocarbonyl (C=S) groups is 1. The molecule has 182 valence electrons. The van der Waals surface area contributed by atoms with Crippen LogP contribution in [0.15, 0.2) is 91.4 Å². The Morgan fingerprint density at radius 1 is 1.06 bits per heavy atom. The molecule has 2 aromatic heterocycles. The molecule has 1 aliphatic rings. The quantitative estimate of drug-likeness (QED) is 0.295. The van der Waals surface area contributed by atoms with Crippen molar-refractivity contribution in [3.8, 4) is 5.69 Å². The molecule has 0 aliphatic carbocycles. The van der Waals surface area contributed by atoms with Gasteiger partial charge in [-0.2, -0.15) is 0 Å². The highest BCUT2D eigenvalue weighted by molar-refractivity contribution is 7.80. The highest BCUT2D eigenvalue weighted by Gasteiger charge is 2.41. The predicted octanol–water partition coefficient (Wildman–Crippen LogP) is 6.30. The van der Waals surface area contributed by atoms with Gasteiger partial charge in [0.2, 0.25) is 5.91 Å². The second-order valence-corrected chi connectivity index (χ2v) is 9.79. The molecule has 4 aromatic rings. The van der Waals surface area contributed by atoms with Gasteiger partial charge in [-0.3, -0.25) is 9.78 Å². The van der Waals surface area contributed by atoms with Crippen LogP contribution < -0.4 is 15.5 Å². The van der Waals surface area contributed by atoms with Crippen molar-refractivity contribution in [3.05, 3.63) is 108 Å². The van der Waals surface area contributed by atoms with Gasteiger partial charge in [0.25, 0.3) is 0 Å². The first kappa shape index (κ1) is 24.0. The number of aromatic nitrogens is 2. The highest BCUT2D eigenvalue weighted by Crippen LogP contribution is 2.43. The van der Waals surface area contributed by atoms with Crippen LogP contribution >= 0.6 is 23.8 Å². The van der Waals surface area contributed by atoms with Gasteiger partial charge in [-0.1, -0.05) is 49.7 Å². The van der Waals surface area contributed by atoms with E-state index in [-0.39, 0.29) is 23.9 Å². The van der Waals surface area contributed by atoms with Crippen LogP contribution in [0.4, 0.5) is 11.4 Å². The van der Waals surface area contributed by atoms with Gasteiger partial charge in [0.15, 0.2) is 5.11 Å². The molecular weight excluding hydrogens is 490 g/mol. The minimum atomic E-state index is -0.163. The zero-order valence-electron chi connectivity index (χ0n) is 19.9. The zero-order chi connectivity index (χ0) is 25.2. The third-order valence-corrected chi connectivity index (χ3v) is 6.85. The van der Waals surface area contributed by atoms with Crippen LogP contribution in [0, 0.1) is 5.92 Å². The van der Waals surface area contributed by atoms with E-state index in [9.17, 15) is 4.79 Å². The number of rotatable bonds is 6. The number of halogens is 1. The summed E-state index contributed by atoms with van der Waals surface area (Å²) in [7, 11) is 0. The van der Waals surface area contributed by atoms with Crippen molar-refractivity contribution in [2.45, 2.75) is 25.9 Å². The molecule has 6 nitrogen and oxygen atoms in total. The van der Waals surface area contributed by atoms with E-state index in [0.717, 1.165) is 22.6 Å². The summed E-state index contributed by atoms with van der Waals surface area (Å²) in [5.74, 6) is -0.230. The van der Waals surface area contributed by atoms with Crippen LogP contribution in [-0.2, 0) is 4.79 Å². The van der Waals surface area contributed by atoms with E-state index in [1.54, 1.807) is 6.20 Å². The summed E-state index contributed by atoms with van der Waals surface area (Å²) in [6.07, 6.45) is 5.96. The Bertz CT molecular complexity index is 1390. The third kappa shape index (κ3) is 4.72. The highest BCUT2D eigenvalue weighted by atomic mass is 35.5. The van der Waals surface area contributed by atoms with E-state index >= 15 is 0 Å². The summed E-state index contributed by atoms with van der Waals surface area (Å²) in [5, 5.41) is 7.39. The van der Waals surface area contributed by atoms with E-state index in [4.69, 9.17) is 23.8 Å². The number of anilines is 2. The second-order valence-electron chi connectivity index (χ2n) is 8.99. The molecule has 2 atom stereocenters. The normalized spacial score (nSPS) is 17.3. The average Bonchev–Trinajstić information content (AvgIpc) is 3.51. The topological polar surface area (TPSA) is 62.2 Å². The number of para-hydroxylation sites is 1. The van der Waals surface area contributed by atoms with Crippen molar-refractivity contribution >= 4 is 46.2 Å². The van der Waals surface area contributed by atoms with Gasteiger partial charge in [-0.05, 0) is 66.3 Å². The lowest BCUT2D eigenvalue weighted by Gasteiger charge is -2.27. The van der Waals surface area contributed by atoms with Crippen LogP contribution in [-0.4, -0.2) is 20.6 Å². The minimum Gasteiger partial charge on any atom is -0.351 e. The van der Waals surface area contributed by atoms with Crippen molar-refractivity contribution in [2.24, 2.45) is 5.92 Å². The van der Waals surface area contributed by atoms with Crippen LogP contribution in [0.1, 0.15) is 37.2 Å². The van der Waals surface area contributed by atoms with Crippen LogP contribution in [0.25, 0.3) is 5.69 Å². The van der Waals surface area contributed by atoms with Gasteiger partial charge in [-0.15, -0.1) is 0 Å². The Balaban J connectivity index is 1.54. The molecule has 0 bridgehead atoms. The van der Waals surface area contributed by atoms with Gasteiger partial charge in [0, 0.05) is 35.9 Å². The van der Waals surface area contributed by atoms with Crippen LogP contribution in [0.5, 0.6) is 0 Å². The molecule has 8 heteroatoms. The molecule has 2 aromatic carbocycles. The number of amides is 1. The monoisotopic (exact) mass is 515 g/mol. The van der Waals surface area contributed by atoms with Crippen molar-refractivity contribution in [2.75, 3.05) is 10.2 Å². The number of carbonyl (C=O) groups excluding carboxylic acids is 1. The summed E-state index contributed by atoms with van der Waals surface area (Å²) in [5.41, 5.74) is 4.45. The van der Waals surface area contributed by atoms with Crippen molar-refractivity contribution in [3.63, 3.8) is 0 Å². The lowest BCUT2D eigenvalue weighted by molar-refractivity contribution is -0.118. The summed E-state index contributed by atoms with van der Waals surface area (Å²) in [6.45, 7) is 3.69. The molecule has 36 heavy (non-hydrogen) atoms. The Labute approximate surface area is 220 Å².